The van der Waals surface area contributed by atoms with Gasteiger partial charge in [0.25, 0.3) is 0 Å². The van der Waals surface area contributed by atoms with E-state index in [1.807, 2.05) is 0 Å². The van der Waals surface area contributed by atoms with E-state index in [-0.39, 0.29) is 6.03 Å². The lowest BCUT2D eigenvalue weighted by Gasteiger charge is -2.26. The first-order valence-electron chi connectivity index (χ1n) is 7.14. The van der Waals surface area contributed by atoms with Crippen LogP contribution in [-0.2, 0) is 11.2 Å². The predicted molar refractivity (Wildman–Crippen MR) is 72.7 cm³/mol. The summed E-state index contributed by atoms with van der Waals surface area (Å²) in [4.78, 5) is 28.9. The number of rotatable bonds is 4. The molecule has 0 radical (unpaired) electrons. The molecular formula is C13H20N4O4. The van der Waals surface area contributed by atoms with Gasteiger partial charge in [-0.15, -0.1) is 0 Å². The van der Waals surface area contributed by atoms with Gasteiger partial charge in [-0.2, -0.15) is 4.98 Å². The lowest BCUT2D eigenvalue weighted by atomic mass is 10.1. The van der Waals surface area contributed by atoms with Crippen LogP contribution in [0.4, 0.5) is 4.79 Å². The number of likely N-dealkylation sites (tertiary alicyclic amines) is 1. The van der Waals surface area contributed by atoms with E-state index in [1.54, 1.807) is 6.92 Å². The van der Waals surface area contributed by atoms with Gasteiger partial charge in [0.15, 0.2) is 5.82 Å². The first kappa shape index (κ1) is 15.3. The Hall–Kier alpha value is -2.12. The van der Waals surface area contributed by atoms with E-state index < -0.39 is 12.0 Å². The van der Waals surface area contributed by atoms with Crippen LogP contribution >= 0.6 is 0 Å². The molecular weight excluding hydrogens is 276 g/mol. The van der Waals surface area contributed by atoms with Crippen LogP contribution in [-0.4, -0.2) is 51.3 Å². The summed E-state index contributed by atoms with van der Waals surface area (Å²) in [7, 11) is 0. The number of hydrogen-bond acceptors (Lipinski definition) is 5. The van der Waals surface area contributed by atoms with Crippen LogP contribution < -0.4 is 5.32 Å². The van der Waals surface area contributed by atoms with Crippen LogP contribution in [0.1, 0.15) is 37.4 Å². The number of carbonyl (C=O) groups is 2. The van der Waals surface area contributed by atoms with Crippen molar-refractivity contribution >= 4 is 12.0 Å². The summed E-state index contributed by atoms with van der Waals surface area (Å²) in [5.41, 5.74) is 0. The molecule has 8 nitrogen and oxygen atoms in total. The van der Waals surface area contributed by atoms with Gasteiger partial charge in [0.1, 0.15) is 6.04 Å². The van der Waals surface area contributed by atoms with Crippen LogP contribution in [0.15, 0.2) is 4.52 Å². The fourth-order valence-electron chi connectivity index (χ4n) is 2.43. The first-order chi connectivity index (χ1) is 10.1. The van der Waals surface area contributed by atoms with Crippen LogP contribution in [0.5, 0.6) is 0 Å². The van der Waals surface area contributed by atoms with Crippen molar-refractivity contribution in [3.05, 3.63) is 11.7 Å². The van der Waals surface area contributed by atoms with E-state index in [4.69, 9.17) is 4.52 Å². The molecule has 8 heteroatoms. The molecule has 0 aromatic carbocycles. The van der Waals surface area contributed by atoms with E-state index in [1.165, 1.54) is 4.90 Å². The summed E-state index contributed by atoms with van der Waals surface area (Å²) in [5.74, 6) is 0.0628. The van der Waals surface area contributed by atoms with Gasteiger partial charge in [-0.3, -0.25) is 0 Å². The Morgan fingerprint density at radius 3 is 2.90 bits per heavy atom. The van der Waals surface area contributed by atoms with Crippen molar-refractivity contribution in [3.63, 3.8) is 0 Å². The smallest absolute Gasteiger partial charge is 0.326 e. The zero-order valence-electron chi connectivity index (χ0n) is 12.0. The number of carboxylic acid groups (broad SMARTS) is 1. The number of nitrogens with zero attached hydrogens (tertiary/aromatic N) is 3. The lowest BCUT2D eigenvalue weighted by molar-refractivity contribution is -0.142. The van der Waals surface area contributed by atoms with E-state index in [0.29, 0.717) is 37.6 Å². The number of aliphatic carboxylic acids is 1. The number of carboxylic acids is 1. The summed E-state index contributed by atoms with van der Waals surface area (Å²) in [6.07, 6.45) is 3.56. The molecule has 2 rings (SSSR count). The third kappa shape index (κ3) is 4.17. The highest BCUT2D eigenvalue weighted by atomic mass is 16.5. The largest absolute Gasteiger partial charge is 0.480 e. The van der Waals surface area contributed by atoms with Gasteiger partial charge in [0.05, 0.1) is 0 Å². The van der Waals surface area contributed by atoms with Crippen molar-refractivity contribution in [1.82, 2.24) is 20.4 Å². The standard InChI is InChI=1S/C13H20N4O4/c1-9-15-11(21-16-9)6-7-14-13(20)17-8-4-2-3-5-10(17)12(18)19/h10H,2-8H2,1H3,(H,14,20)(H,18,19). The topological polar surface area (TPSA) is 109 Å². The fraction of sp³-hybridized carbons (Fsp3) is 0.692. The molecule has 1 unspecified atom stereocenters. The molecule has 0 aliphatic carbocycles. The molecule has 2 amide bonds. The molecule has 0 spiro atoms. The monoisotopic (exact) mass is 296 g/mol. The minimum absolute atomic E-state index is 0.337. The third-order valence-corrected chi connectivity index (χ3v) is 3.48. The van der Waals surface area contributed by atoms with Gasteiger partial charge in [-0.1, -0.05) is 18.0 Å². The maximum Gasteiger partial charge on any atom is 0.326 e. The highest BCUT2D eigenvalue weighted by Crippen LogP contribution is 2.17. The molecule has 0 saturated carbocycles. The quantitative estimate of drug-likeness (QED) is 0.856. The number of nitrogens with one attached hydrogen (secondary N) is 1. The van der Waals surface area contributed by atoms with E-state index >= 15 is 0 Å². The number of hydrogen-bond donors (Lipinski definition) is 2. The minimum atomic E-state index is -0.945. The Bertz CT molecular complexity index is 502. The maximum atomic E-state index is 12.1. The van der Waals surface area contributed by atoms with Gasteiger partial charge in [0.2, 0.25) is 5.89 Å². The molecule has 1 aromatic heterocycles. The van der Waals surface area contributed by atoms with Crippen molar-refractivity contribution < 1.29 is 19.2 Å². The molecule has 116 valence electrons. The molecule has 1 aliphatic rings. The Morgan fingerprint density at radius 2 is 2.24 bits per heavy atom. The molecule has 1 aromatic rings. The third-order valence-electron chi connectivity index (χ3n) is 3.48. The van der Waals surface area contributed by atoms with Crippen molar-refractivity contribution in [2.75, 3.05) is 13.1 Å². The fourth-order valence-corrected chi connectivity index (χ4v) is 2.43. The normalized spacial score (nSPS) is 19.1. The first-order valence-corrected chi connectivity index (χ1v) is 7.14. The minimum Gasteiger partial charge on any atom is -0.480 e. The van der Waals surface area contributed by atoms with E-state index in [9.17, 15) is 14.7 Å². The summed E-state index contributed by atoms with van der Waals surface area (Å²) in [5, 5.41) is 15.6. The van der Waals surface area contributed by atoms with Gasteiger partial charge < -0.3 is 19.8 Å². The molecule has 1 saturated heterocycles. The van der Waals surface area contributed by atoms with Gasteiger partial charge in [-0.25, -0.2) is 9.59 Å². The average molecular weight is 296 g/mol. The van der Waals surface area contributed by atoms with Crippen molar-refractivity contribution in [2.45, 2.75) is 45.1 Å². The Labute approximate surface area is 122 Å². The second-order valence-electron chi connectivity index (χ2n) is 5.11. The van der Waals surface area contributed by atoms with Gasteiger partial charge in [-0.05, 0) is 19.8 Å². The number of aryl methyl sites for hydroxylation is 1. The van der Waals surface area contributed by atoms with Crippen molar-refractivity contribution in [1.29, 1.82) is 0 Å². The second kappa shape index (κ2) is 7.05. The lowest BCUT2D eigenvalue weighted by Crippen LogP contribution is -2.49. The number of urea groups is 1. The SMILES string of the molecule is Cc1noc(CCNC(=O)N2CCCCCC2C(=O)O)n1. The Balaban J connectivity index is 1.86. The number of carbonyl (C=O) groups excluding carboxylic acids is 1. The van der Waals surface area contributed by atoms with Gasteiger partial charge >= 0.3 is 12.0 Å². The number of amides is 2. The number of aromatic nitrogens is 2. The molecule has 21 heavy (non-hydrogen) atoms. The van der Waals surface area contributed by atoms with Crippen molar-refractivity contribution in [2.24, 2.45) is 0 Å². The molecule has 2 N–H and O–H groups in total. The highest BCUT2D eigenvalue weighted by Gasteiger charge is 2.30. The predicted octanol–water partition coefficient (Wildman–Crippen LogP) is 0.959. The van der Waals surface area contributed by atoms with Crippen molar-refractivity contribution in [3.8, 4) is 0 Å². The molecule has 1 atom stereocenters. The molecule has 1 fully saturated rings. The maximum absolute atomic E-state index is 12.1. The summed E-state index contributed by atoms with van der Waals surface area (Å²) < 4.78 is 4.95. The summed E-state index contributed by atoms with van der Waals surface area (Å²) in [6.45, 7) is 2.53. The van der Waals surface area contributed by atoms with Crippen LogP contribution in [0.3, 0.4) is 0 Å². The van der Waals surface area contributed by atoms with Gasteiger partial charge in [0, 0.05) is 19.5 Å². The van der Waals surface area contributed by atoms with Crippen LogP contribution in [0.25, 0.3) is 0 Å². The van der Waals surface area contributed by atoms with E-state index in [0.717, 1.165) is 19.3 Å². The second-order valence-corrected chi connectivity index (χ2v) is 5.11. The molecule has 1 aliphatic heterocycles. The molecule has 0 bridgehead atoms. The Morgan fingerprint density at radius 1 is 1.43 bits per heavy atom. The zero-order chi connectivity index (χ0) is 15.2. The Kier molecular flexibility index (Phi) is 5.13. The molecule has 2 heterocycles. The van der Waals surface area contributed by atoms with Crippen LogP contribution in [0.2, 0.25) is 0 Å². The van der Waals surface area contributed by atoms with E-state index in [2.05, 4.69) is 15.5 Å². The zero-order valence-corrected chi connectivity index (χ0v) is 12.0. The summed E-state index contributed by atoms with van der Waals surface area (Å²) >= 11 is 0. The highest BCUT2D eigenvalue weighted by molar-refractivity contribution is 5.82. The van der Waals surface area contributed by atoms with Crippen LogP contribution in [0, 0.1) is 6.92 Å². The average Bonchev–Trinajstić information content (AvgIpc) is 2.72. The summed E-state index contributed by atoms with van der Waals surface area (Å²) in [6, 6.07) is -1.08.